The molecule has 4 rings (SSSR count). The minimum atomic E-state index is 0.729. The first kappa shape index (κ1) is 14.0. The molecule has 6 heteroatoms. The number of aromatic nitrogens is 4. The number of nitrogens with one attached hydrogen (secondary N) is 1. The number of rotatable bonds is 2. The Morgan fingerprint density at radius 3 is 2.57 bits per heavy atom. The van der Waals surface area contributed by atoms with Gasteiger partial charge in [-0.15, -0.1) is 0 Å². The number of aromatic amines is 1. The Hall–Kier alpha value is -2.63. The molecule has 0 spiro atoms. The molecule has 2 aromatic heterocycles. The van der Waals surface area contributed by atoms with Crippen LogP contribution in [0.2, 0.25) is 0 Å². The van der Waals surface area contributed by atoms with Crippen molar-refractivity contribution in [3.05, 3.63) is 42.0 Å². The quantitative estimate of drug-likeness (QED) is 0.787. The third kappa shape index (κ3) is 2.40. The molecule has 0 unspecified atom stereocenters. The van der Waals surface area contributed by atoms with Crippen molar-refractivity contribution < 1.29 is 0 Å². The summed E-state index contributed by atoms with van der Waals surface area (Å²) >= 11 is 0. The predicted octanol–water partition coefficient (Wildman–Crippen LogP) is 2.30. The van der Waals surface area contributed by atoms with Crippen molar-refractivity contribution in [2.45, 2.75) is 13.8 Å². The third-order valence-corrected chi connectivity index (χ3v) is 4.70. The first-order chi connectivity index (χ1) is 11.2. The number of piperazine rings is 1. The number of aryl methyl sites for hydroxylation is 1. The maximum atomic E-state index is 4.46. The van der Waals surface area contributed by atoms with Crippen molar-refractivity contribution in [1.29, 1.82) is 0 Å². The molecule has 0 saturated carbocycles. The lowest BCUT2D eigenvalue weighted by atomic mass is 10.1. The third-order valence-electron chi connectivity index (χ3n) is 4.70. The van der Waals surface area contributed by atoms with Gasteiger partial charge >= 0.3 is 0 Å². The van der Waals surface area contributed by atoms with Crippen LogP contribution in [0.25, 0.3) is 11.2 Å². The average Bonchev–Trinajstić information content (AvgIpc) is 3.06. The summed E-state index contributed by atoms with van der Waals surface area (Å²) in [5.74, 6) is 0.952. The number of nitrogens with zero attached hydrogens (tertiary/aromatic N) is 5. The lowest BCUT2D eigenvalue weighted by Gasteiger charge is -2.37. The highest BCUT2D eigenvalue weighted by Gasteiger charge is 2.21. The number of H-pyrrole nitrogens is 1. The second kappa shape index (κ2) is 5.53. The lowest BCUT2D eigenvalue weighted by Crippen LogP contribution is -2.47. The summed E-state index contributed by atoms with van der Waals surface area (Å²) in [7, 11) is 0. The normalized spacial score (nSPS) is 15.4. The van der Waals surface area contributed by atoms with Gasteiger partial charge in [0.25, 0.3) is 0 Å². The molecule has 3 aromatic rings. The SMILES string of the molecule is Cc1cccc(N2CCN(c3ncnc4nc[nH]c34)CC2)c1C. The van der Waals surface area contributed by atoms with Gasteiger partial charge in [0.2, 0.25) is 0 Å². The van der Waals surface area contributed by atoms with Crippen molar-refractivity contribution >= 4 is 22.7 Å². The van der Waals surface area contributed by atoms with Crippen molar-refractivity contribution in [3.8, 4) is 0 Å². The minimum Gasteiger partial charge on any atom is -0.368 e. The Bertz CT molecular complexity index is 832. The largest absolute Gasteiger partial charge is 0.368 e. The monoisotopic (exact) mass is 308 g/mol. The van der Waals surface area contributed by atoms with E-state index >= 15 is 0 Å². The lowest BCUT2D eigenvalue weighted by molar-refractivity contribution is 0.647. The smallest absolute Gasteiger partial charge is 0.182 e. The van der Waals surface area contributed by atoms with Crippen molar-refractivity contribution in [2.75, 3.05) is 36.0 Å². The van der Waals surface area contributed by atoms with E-state index in [1.54, 1.807) is 12.7 Å². The highest BCUT2D eigenvalue weighted by molar-refractivity contribution is 5.82. The van der Waals surface area contributed by atoms with Gasteiger partial charge in [-0.25, -0.2) is 15.0 Å². The van der Waals surface area contributed by atoms with Gasteiger partial charge in [0.15, 0.2) is 11.5 Å². The second-order valence-electron chi connectivity index (χ2n) is 5.99. The topological polar surface area (TPSA) is 60.9 Å². The molecule has 3 heterocycles. The predicted molar refractivity (Wildman–Crippen MR) is 92.0 cm³/mol. The molecule has 0 bridgehead atoms. The Kier molecular flexibility index (Phi) is 3.37. The zero-order valence-electron chi connectivity index (χ0n) is 13.5. The average molecular weight is 308 g/mol. The van der Waals surface area contributed by atoms with Crippen LogP contribution in [-0.2, 0) is 0 Å². The van der Waals surface area contributed by atoms with Crippen LogP contribution >= 0.6 is 0 Å². The standard InChI is InChI=1S/C17H20N6/c1-12-4-3-5-14(13(12)2)22-6-8-23(9-7-22)17-15-16(19-10-18-15)20-11-21-17/h3-5,10-11H,6-9H2,1-2H3,(H,18,19,20,21). The molecule has 1 fully saturated rings. The van der Waals surface area contributed by atoms with Gasteiger partial charge in [-0.05, 0) is 31.0 Å². The first-order valence-corrected chi connectivity index (χ1v) is 7.94. The molecule has 118 valence electrons. The summed E-state index contributed by atoms with van der Waals surface area (Å²) < 4.78 is 0. The van der Waals surface area contributed by atoms with Crippen LogP contribution in [0.4, 0.5) is 11.5 Å². The highest BCUT2D eigenvalue weighted by atomic mass is 15.3. The molecule has 1 aliphatic heterocycles. The van der Waals surface area contributed by atoms with E-state index < -0.39 is 0 Å². The molecule has 1 N–H and O–H groups in total. The number of imidazole rings is 1. The Balaban J connectivity index is 1.55. The van der Waals surface area contributed by atoms with E-state index in [9.17, 15) is 0 Å². The molecule has 1 aliphatic rings. The first-order valence-electron chi connectivity index (χ1n) is 7.94. The fraction of sp³-hybridized carbons (Fsp3) is 0.353. The van der Waals surface area contributed by atoms with Gasteiger partial charge in [0, 0.05) is 31.9 Å². The molecule has 0 radical (unpaired) electrons. The summed E-state index contributed by atoms with van der Waals surface area (Å²) in [5, 5.41) is 0. The summed E-state index contributed by atoms with van der Waals surface area (Å²) in [6.07, 6.45) is 3.27. The zero-order valence-corrected chi connectivity index (χ0v) is 13.5. The fourth-order valence-electron chi connectivity index (χ4n) is 3.23. The maximum Gasteiger partial charge on any atom is 0.182 e. The van der Waals surface area contributed by atoms with Gasteiger partial charge in [0.05, 0.1) is 6.33 Å². The zero-order chi connectivity index (χ0) is 15.8. The Morgan fingerprint density at radius 2 is 1.74 bits per heavy atom. The molecular weight excluding hydrogens is 288 g/mol. The number of fused-ring (bicyclic) bond motifs is 1. The van der Waals surface area contributed by atoms with E-state index in [0.29, 0.717) is 0 Å². The molecule has 0 aliphatic carbocycles. The van der Waals surface area contributed by atoms with E-state index in [1.807, 2.05) is 0 Å². The van der Waals surface area contributed by atoms with Gasteiger partial charge in [0.1, 0.15) is 11.8 Å². The summed E-state index contributed by atoms with van der Waals surface area (Å²) in [6, 6.07) is 6.53. The van der Waals surface area contributed by atoms with E-state index in [1.165, 1.54) is 16.8 Å². The van der Waals surface area contributed by atoms with Crippen LogP contribution in [0.1, 0.15) is 11.1 Å². The second-order valence-corrected chi connectivity index (χ2v) is 5.99. The van der Waals surface area contributed by atoms with Crippen LogP contribution in [-0.4, -0.2) is 46.1 Å². The van der Waals surface area contributed by atoms with Crippen molar-refractivity contribution in [1.82, 2.24) is 19.9 Å². The molecule has 0 amide bonds. The number of hydrogen-bond acceptors (Lipinski definition) is 5. The summed E-state index contributed by atoms with van der Waals surface area (Å²) in [6.45, 7) is 8.24. The van der Waals surface area contributed by atoms with E-state index in [0.717, 1.165) is 43.2 Å². The summed E-state index contributed by atoms with van der Waals surface area (Å²) in [4.78, 5) is 20.8. The molecule has 1 saturated heterocycles. The molecule has 0 atom stereocenters. The van der Waals surface area contributed by atoms with E-state index in [4.69, 9.17) is 0 Å². The minimum absolute atomic E-state index is 0.729. The van der Waals surface area contributed by atoms with Crippen LogP contribution in [0, 0.1) is 13.8 Å². The van der Waals surface area contributed by atoms with Gasteiger partial charge < -0.3 is 14.8 Å². The number of anilines is 2. The fourth-order valence-corrected chi connectivity index (χ4v) is 3.23. The molecule has 6 nitrogen and oxygen atoms in total. The van der Waals surface area contributed by atoms with Crippen molar-refractivity contribution in [2.24, 2.45) is 0 Å². The molecule has 1 aromatic carbocycles. The summed E-state index contributed by atoms with van der Waals surface area (Å²) in [5.41, 5.74) is 5.72. The Labute approximate surface area is 135 Å². The van der Waals surface area contributed by atoms with Crippen LogP contribution in [0.15, 0.2) is 30.9 Å². The van der Waals surface area contributed by atoms with Gasteiger partial charge in [-0.1, -0.05) is 12.1 Å². The highest BCUT2D eigenvalue weighted by Crippen LogP contribution is 2.26. The number of hydrogen-bond donors (Lipinski definition) is 1. The van der Waals surface area contributed by atoms with E-state index in [-0.39, 0.29) is 0 Å². The molecule has 23 heavy (non-hydrogen) atoms. The van der Waals surface area contributed by atoms with E-state index in [2.05, 4.69) is 61.8 Å². The number of benzene rings is 1. The Morgan fingerprint density at radius 1 is 0.957 bits per heavy atom. The van der Waals surface area contributed by atoms with Gasteiger partial charge in [-0.3, -0.25) is 0 Å². The van der Waals surface area contributed by atoms with Crippen LogP contribution in [0.3, 0.4) is 0 Å². The maximum absolute atomic E-state index is 4.46. The molecular formula is C17H20N6. The van der Waals surface area contributed by atoms with Crippen molar-refractivity contribution in [3.63, 3.8) is 0 Å². The van der Waals surface area contributed by atoms with Gasteiger partial charge in [-0.2, -0.15) is 0 Å². The van der Waals surface area contributed by atoms with Crippen LogP contribution < -0.4 is 9.80 Å². The van der Waals surface area contributed by atoms with Crippen LogP contribution in [0.5, 0.6) is 0 Å².